The first-order valence-corrected chi connectivity index (χ1v) is 7.11. The highest BCUT2D eigenvalue weighted by molar-refractivity contribution is 6.19. The Bertz CT molecular complexity index is 724. The summed E-state index contributed by atoms with van der Waals surface area (Å²) in [5.41, 5.74) is 3.12. The van der Waals surface area contributed by atoms with Crippen LogP contribution in [-0.2, 0) is 6.54 Å². The molecule has 0 aromatic heterocycles. The van der Waals surface area contributed by atoms with E-state index in [1.54, 1.807) is 4.90 Å². The number of rotatable bonds is 2. The van der Waals surface area contributed by atoms with E-state index >= 15 is 0 Å². The number of nitrogens with zero attached hydrogens (tertiary/aromatic N) is 3. The van der Waals surface area contributed by atoms with Gasteiger partial charge in [-0.05, 0) is 17.7 Å². The molecule has 0 fully saturated rings. The summed E-state index contributed by atoms with van der Waals surface area (Å²) >= 11 is 0. The lowest BCUT2D eigenvalue weighted by atomic mass is 10.1. The first-order valence-electron chi connectivity index (χ1n) is 7.11. The molecule has 4 heteroatoms. The van der Waals surface area contributed by atoms with E-state index in [9.17, 15) is 4.79 Å². The van der Waals surface area contributed by atoms with Crippen LogP contribution in [0.4, 0.5) is 10.5 Å². The number of hydrogen-bond donors (Lipinski definition) is 0. The van der Waals surface area contributed by atoms with E-state index in [4.69, 9.17) is 0 Å². The molecule has 0 saturated heterocycles. The van der Waals surface area contributed by atoms with Crippen molar-refractivity contribution < 1.29 is 4.79 Å². The lowest BCUT2D eigenvalue weighted by molar-refractivity contribution is 0.228. The lowest BCUT2D eigenvalue weighted by Gasteiger charge is -2.35. The number of anilines is 1. The monoisotopic (exact) mass is 277 g/mol. The number of aliphatic imine (C=N–C) groups is 1. The first-order chi connectivity index (χ1) is 10.3. The molecule has 0 aliphatic carbocycles. The van der Waals surface area contributed by atoms with Gasteiger partial charge in [0.2, 0.25) is 0 Å². The van der Waals surface area contributed by atoms with Gasteiger partial charge >= 0.3 is 6.03 Å². The fourth-order valence-corrected chi connectivity index (χ4v) is 2.93. The number of carbonyl (C=O) groups is 1. The van der Waals surface area contributed by atoms with Gasteiger partial charge < -0.3 is 0 Å². The minimum Gasteiger partial charge on any atom is -0.289 e. The Morgan fingerprint density at radius 2 is 1.76 bits per heavy atom. The summed E-state index contributed by atoms with van der Waals surface area (Å²) in [7, 11) is 0. The molecular formula is C17H15N3O. The molecule has 0 atom stereocenters. The zero-order chi connectivity index (χ0) is 14.2. The molecule has 2 heterocycles. The van der Waals surface area contributed by atoms with Crippen molar-refractivity contribution in [3.63, 3.8) is 0 Å². The van der Waals surface area contributed by atoms with E-state index in [0.29, 0.717) is 19.6 Å². The number of hydrogen-bond acceptors (Lipinski definition) is 2. The first kappa shape index (κ1) is 12.1. The van der Waals surface area contributed by atoms with Gasteiger partial charge in [-0.2, -0.15) is 0 Å². The molecule has 104 valence electrons. The zero-order valence-electron chi connectivity index (χ0n) is 11.6. The normalized spacial score (nSPS) is 16.6. The van der Waals surface area contributed by atoms with Gasteiger partial charge in [-0.15, -0.1) is 0 Å². The van der Waals surface area contributed by atoms with E-state index in [1.807, 2.05) is 59.5 Å². The fraction of sp³-hybridized carbons (Fsp3) is 0.176. The SMILES string of the molecule is O=C1N2CCN=C2c2ccccc2N1Cc1ccccc1. The lowest BCUT2D eigenvalue weighted by Crippen LogP contribution is -2.49. The van der Waals surface area contributed by atoms with Crippen molar-refractivity contribution in [2.75, 3.05) is 18.0 Å². The van der Waals surface area contributed by atoms with Crippen molar-refractivity contribution in [1.82, 2.24) is 4.90 Å². The minimum absolute atomic E-state index is 0.0220. The van der Waals surface area contributed by atoms with Crippen LogP contribution in [0.2, 0.25) is 0 Å². The van der Waals surface area contributed by atoms with Crippen LogP contribution in [0.25, 0.3) is 0 Å². The van der Waals surface area contributed by atoms with Gasteiger partial charge in [0.1, 0.15) is 5.84 Å². The molecule has 0 unspecified atom stereocenters. The molecule has 0 bridgehead atoms. The molecule has 2 aliphatic heterocycles. The fourth-order valence-electron chi connectivity index (χ4n) is 2.93. The topological polar surface area (TPSA) is 35.9 Å². The largest absolute Gasteiger partial charge is 0.330 e. The summed E-state index contributed by atoms with van der Waals surface area (Å²) in [6.07, 6.45) is 0. The van der Waals surface area contributed by atoms with Gasteiger partial charge in [0.05, 0.1) is 18.8 Å². The zero-order valence-corrected chi connectivity index (χ0v) is 11.6. The highest BCUT2D eigenvalue weighted by Gasteiger charge is 2.36. The Morgan fingerprint density at radius 1 is 1.00 bits per heavy atom. The smallest absolute Gasteiger partial charge is 0.289 e. The van der Waals surface area contributed by atoms with Crippen LogP contribution in [0.15, 0.2) is 59.6 Å². The van der Waals surface area contributed by atoms with Crippen LogP contribution < -0.4 is 4.90 Å². The summed E-state index contributed by atoms with van der Waals surface area (Å²) in [5, 5.41) is 0. The van der Waals surface area contributed by atoms with Crippen molar-refractivity contribution in [1.29, 1.82) is 0 Å². The van der Waals surface area contributed by atoms with Crippen LogP contribution in [0.5, 0.6) is 0 Å². The van der Waals surface area contributed by atoms with Gasteiger partial charge in [0, 0.05) is 12.1 Å². The summed E-state index contributed by atoms with van der Waals surface area (Å²) in [5.74, 6) is 0.819. The Kier molecular flexibility index (Phi) is 2.74. The van der Waals surface area contributed by atoms with E-state index in [0.717, 1.165) is 22.6 Å². The van der Waals surface area contributed by atoms with Gasteiger partial charge in [0.15, 0.2) is 0 Å². The number of benzene rings is 2. The number of amides is 2. The third-order valence-electron chi connectivity index (χ3n) is 3.92. The molecule has 4 nitrogen and oxygen atoms in total. The number of carbonyl (C=O) groups excluding carboxylic acids is 1. The Labute approximate surface area is 123 Å². The average molecular weight is 277 g/mol. The van der Waals surface area contributed by atoms with Crippen LogP contribution in [0.3, 0.4) is 0 Å². The van der Waals surface area contributed by atoms with Crippen LogP contribution >= 0.6 is 0 Å². The van der Waals surface area contributed by atoms with Gasteiger partial charge in [-0.1, -0.05) is 42.5 Å². The average Bonchev–Trinajstić information content (AvgIpc) is 3.02. The predicted molar refractivity (Wildman–Crippen MR) is 82.6 cm³/mol. The molecule has 21 heavy (non-hydrogen) atoms. The minimum atomic E-state index is 0.0220. The van der Waals surface area contributed by atoms with E-state index < -0.39 is 0 Å². The number of fused-ring (bicyclic) bond motifs is 3. The number of para-hydroxylation sites is 1. The number of urea groups is 1. The molecule has 0 N–H and O–H groups in total. The molecule has 0 spiro atoms. The molecule has 0 saturated carbocycles. The van der Waals surface area contributed by atoms with Crippen LogP contribution in [0, 0.1) is 0 Å². The van der Waals surface area contributed by atoms with E-state index in [2.05, 4.69) is 4.99 Å². The van der Waals surface area contributed by atoms with E-state index in [1.165, 1.54) is 0 Å². The molecule has 2 aliphatic rings. The second-order valence-corrected chi connectivity index (χ2v) is 5.23. The Hall–Kier alpha value is -2.62. The molecule has 2 aromatic carbocycles. The highest BCUT2D eigenvalue weighted by Crippen LogP contribution is 2.31. The van der Waals surface area contributed by atoms with Gasteiger partial charge in [0.25, 0.3) is 0 Å². The van der Waals surface area contributed by atoms with Crippen LogP contribution in [-0.4, -0.2) is 29.9 Å². The van der Waals surface area contributed by atoms with Crippen molar-refractivity contribution in [2.45, 2.75) is 6.54 Å². The molecule has 4 rings (SSSR count). The second kappa shape index (κ2) is 4.74. The predicted octanol–water partition coefficient (Wildman–Crippen LogP) is 2.89. The second-order valence-electron chi connectivity index (χ2n) is 5.23. The maximum Gasteiger partial charge on any atom is 0.330 e. The van der Waals surface area contributed by atoms with Crippen molar-refractivity contribution >= 4 is 17.6 Å². The summed E-state index contributed by atoms with van der Waals surface area (Å²) in [4.78, 5) is 20.9. The van der Waals surface area contributed by atoms with Crippen LogP contribution in [0.1, 0.15) is 11.1 Å². The molecule has 2 amide bonds. The van der Waals surface area contributed by atoms with E-state index in [-0.39, 0.29) is 6.03 Å². The maximum atomic E-state index is 12.7. The summed E-state index contributed by atoms with van der Waals surface area (Å²) < 4.78 is 0. The summed E-state index contributed by atoms with van der Waals surface area (Å²) in [6, 6.07) is 18.1. The molecular weight excluding hydrogens is 262 g/mol. The Morgan fingerprint density at radius 3 is 2.62 bits per heavy atom. The Balaban J connectivity index is 1.79. The van der Waals surface area contributed by atoms with Gasteiger partial charge in [-0.3, -0.25) is 14.8 Å². The third-order valence-corrected chi connectivity index (χ3v) is 3.92. The third kappa shape index (κ3) is 1.91. The molecule has 2 aromatic rings. The van der Waals surface area contributed by atoms with Crippen molar-refractivity contribution in [2.24, 2.45) is 4.99 Å². The summed E-state index contributed by atoms with van der Waals surface area (Å²) in [6.45, 7) is 1.95. The van der Waals surface area contributed by atoms with Gasteiger partial charge in [-0.25, -0.2) is 4.79 Å². The van der Waals surface area contributed by atoms with Crippen molar-refractivity contribution in [3.8, 4) is 0 Å². The standard InChI is InChI=1S/C17H15N3O/c21-17-19-11-10-18-16(19)14-8-4-5-9-15(14)20(17)12-13-6-2-1-3-7-13/h1-9H,10-12H2. The quantitative estimate of drug-likeness (QED) is 0.831. The number of amidine groups is 1. The maximum absolute atomic E-state index is 12.7. The highest BCUT2D eigenvalue weighted by atomic mass is 16.2. The van der Waals surface area contributed by atoms with Crippen molar-refractivity contribution in [3.05, 3.63) is 65.7 Å². The molecule has 0 radical (unpaired) electrons.